The van der Waals surface area contributed by atoms with E-state index in [1.807, 2.05) is 0 Å². The third-order valence-electron chi connectivity index (χ3n) is 3.19. The number of nitrogens with zero attached hydrogens (tertiary/aromatic N) is 2. The number of rotatable bonds is 3. The van der Waals surface area contributed by atoms with Crippen LogP contribution in [0.15, 0.2) is 51.5 Å². The summed E-state index contributed by atoms with van der Waals surface area (Å²) in [5.41, 5.74) is 6.45. The third-order valence-corrected chi connectivity index (χ3v) is 4.03. The van der Waals surface area contributed by atoms with Crippen LogP contribution in [0.2, 0.25) is 0 Å². The van der Waals surface area contributed by atoms with Crippen LogP contribution in [-0.4, -0.2) is 56.0 Å². The molecule has 0 aliphatic carbocycles. The van der Waals surface area contributed by atoms with Gasteiger partial charge in [-0.15, -0.1) is 50.0 Å². The number of nitrogen functional groups attached to an aromatic ring is 1. The first-order chi connectivity index (χ1) is 16.6. The summed E-state index contributed by atoms with van der Waals surface area (Å²) in [6.45, 7) is 0. The van der Waals surface area contributed by atoms with Gasteiger partial charge in [-0.1, -0.05) is 4.90 Å². The number of benzene rings is 3. The molecule has 16 nitrogen and oxygen atoms in total. The van der Waals surface area contributed by atoms with Gasteiger partial charge in [0, 0.05) is 5.69 Å². The normalized spacial score (nSPS) is 9.03. The van der Waals surface area contributed by atoms with E-state index in [1.165, 1.54) is 18.2 Å². The van der Waals surface area contributed by atoms with Crippen LogP contribution in [0, 0.1) is 18.2 Å². The summed E-state index contributed by atoms with van der Waals surface area (Å²) in [4.78, 5) is -0.429. The average molecular weight is 671 g/mol. The molecule has 3 aromatic carbocycles. The summed E-state index contributed by atoms with van der Waals surface area (Å²) in [5, 5.41) is 18.5. The van der Waals surface area contributed by atoms with Gasteiger partial charge in [-0.25, -0.2) is 31.1 Å². The molecule has 0 fully saturated rings. The van der Waals surface area contributed by atoms with E-state index in [0.29, 0.717) is 10.8 Å². The Morgan fingerprint density at radius 2 is 1.27 bits per heavy atom. The Morgan fingerprint density at radius 1 is 0.800 bits per heavy atom. The second kappa shape index (κ2) is 25.4. The third kappa shape index (κ3) is 22.5. The number of phenols is 1. The molecule has 3 N–H and O–H groups in total. The van der Waals surface area contributed by atoms with E-state index in [2.05, 4.69) is 28.4 Å². The molecule has 3 aromatic rings. The van der Waals surface area contributed by atoms with E-state index in [4.69, 9.17) is 43.6 Å². The topological polar surface area (TPSA) is 282 Å². The zero-order chi connectivity index (χ0) is 28.1. The molecule has 0 heterocycles. The maximum atomic E-state index is 11.0. The van der Waals surface area contributed by atoms with Gasteiger partial charge in [0.05, 0.1) is 0 Å². The number of phenolic OH excluding ortho intramolecular Hbond substituents is 1. The predicted octanol–water partition coefficient (Wildman–Crippen LogP) is -12.1. The zero-order valence-electron chi connectivity index (χ0n) is 20.9. The van der Waals surface area contributed by atoms with Crippen LogP contribution in [0.25, 0.3) is 10.8 Å². The molecule has 0 saturated carbocycles. The Hall–Kier alpha value is -0.110. The molecule has 40 heavy (non-hydrogen) atoms. The van der Waals surface area contributed by atoms with E-state index in [-0.39, 0.29) is 141 Å². The van der Waals surface area contributed by atoms with Gasteiger partial charge in [-0.3, -0.25) is 6.07 Å². The van der Waals surface area contributed by atoms with Gasteiger partial charge in [0.1, 0.15) is 10.1 Å². The van der Waals surface area contributed by atoms with E-state index in [9.17, 15) is 18.1 Å². The molecular weight excluding hydrogens is 662 g/mol. The zero-order valence-corrected chi connectivity index (χ0v) is 32.2. The van der Waals surface area contributed by atoms with Crippen molar-refractivity contribution in [3.8, 4) is 5.75 Å². The van der Waals surface area contributed by atoms with Crippen molar-refractivity contribution in [3.63, 3.8) is 0 Å². The summed E-state index contributed by atoms with van der Waals surface area (Å²) in [7, 11) is -13.9. The van der Waals surface area contributed by atoms with Crippen molar-refractivity contribution in [1.29, 1.82) is 0 Å². The first-order valence-electron chi connectivity index (χ1n) is 8.08. The van der Waals surface area contributed by atoms with Crippen molar-refractivity contribution < 1.29 is 174 Å². The summed E-state index contributed by atoms with van der Waals surface area (Å²) in [6, 6.07) is 16.2. The van der Waals surface area contributed by atoms with Crippen molar-refractivity contribution in [2.24, 2.45) is 10.2 Å². The molecule has 0 atom stereocenters. The molecule has 194 valence electrons. The summed E-state index contributed by atoms with van der Waals surface area (Å²) in [6.07, 6.45) is 0. The number of aromatic hydroxyl groups is 1. The molecule has 0 radical (unpaired) electrons. The molecule has 0 aliphatic heterocycles. The van der Waals surface area contributed by atoms with Crippen LogP contribution in [0.1, 0.15) is 0 Å². The first-order valence-corrected chi connectivity index (χ1v) is 12.5. The molecule has 0 aromatic heterocycles. The van der Waals surface area contributed by atoms with Crippen LogP contribution in [0.4, 0.5) is 17.1 Å². The Labute approximate surface area is 320 Å². The predicted molar refractivity (Wildman–Crippen MR) is 114 cm³/mol. The summed E-state index contributed by atoms with van der Waals surface area (Å²) >= 11 is 0. The van der Waals surface area contributed by atoms with Crippen LogP contribution in [0.3, 0.4) is 0 Å². The smallest absolute Gasteiger partial charge is 0.746 e. The fourth-order valence-corrected chi connectivity index (χ4v) is 2.56. The van der Waals surface area contributed by atoms with Crippen LogP contribution < -0.4 is 124 Å². The summed E-state index contributed by atoms with van der Waals surface area (Å²) < 4.78 is 109. The Kier molecular flexibility index (Phi) is 31.5. The second-order valence-electron chi connectivity index (χ2n) is 5.39. The molecule has 24 heteroatoms. The van der Waals surface area contributed by atoms with Crippen molar-refractivity contribution in [2.75, 3.05) is 5.73 Å². The fraction of sp³-hybridized carbons (Fsp3) is 0. The number of hydrogen-bond donors (Lipinski definition) is 2. The van der Waals surface area contributed by atoms with Gasteiger partial charge < -0.3 is 15.4 Å². The standard InChI is InChI=1S/C16H10N3O4S.4Na.3O3S/c17-16-13(8-7-10-3-1-6-14(20)15(10)16)19-18-11-4-2-5-12(9-11)24(21,22)23;;;;;3*1-4(2)3/h2-3,5-6,8-9,20H,17H2,(H,21,22,23);;;;;;;/q-3;4*+1;;;/p-1. The summed E-state index contributed by atoms with van der Waals surface area (Å²) in [5.74, 6) is -0.0655. The number of nitrogens with two attached hydrogens (primary N) is 1. The van der Waals surface area contributed by atoms with Crippen molar-refractivity contribution in [1.82, 2.24) is 0 Å². The van der Waals surface area contributed by atoms with Crippen LogP contribution in [-0.2, 0) is 41.9 Å². The maximum Gasteiger partial charge on any atom is 1.00 e. The minimum atomic E-state index is -4.59. The van der Waals surface area contributed by atoms with Gasteiger partial charge in [0.25, 0.3) is 0 Å². The van der Waals surface area contributed by atoms with Crippen LogP contribution in [0.5, 0.6) is 5.75 Å². The minimum absolute atomic E-state index is 0. The fourth-order valence-electron chi connectivity index (χ4n) is 2.07. The SMILES string of the molecule is Nc1c(N=Nc2[c-]ccc(S(=O)(=O)[O-])c2)c[c-]c2c[c-]cc(O)c12.O=S(=O)=O.O=S(=O)=O.O=S(=O)=O.[Na+].[Na+].[Na+].[Na+]. The van der Waals surface area contributed by atoms with Crippen LogP contribution >= 0.6 is 0 Å². The number of fused-ring (bicyclic) bond motifs is 1. The largest absolute Gasteiger partial charge is 1.00 e. The van der Waals surface area contributed by atoms with Crippen molar-refractivity contribution in [2.45, 2.75) is 4.90 Å². The molecule has 0 spiro atoms. The van der Waals surface area contributed by atoms with E-state index in [1.54, 1.807) is 6.07 Å². The number of hydrogen-bond acceptors (Lipinski definition) is 16. The van der Waals surface area contributed by atoms with Gasteiger partial charge in [0.2, 0.25) is 0 Å². The second-order valence-corrected chi connectivity index (χ2v) is 8.00. The van der Waals surface area contributed by atoms with E-state index < -0.39 is 46.8 Å². The Morgan fingerprint density at radius 3 is 1.73 bits per heavy atom. The van der Waals surface area contributed by atoms with Gasteiger partial charge in [-0.2, -0.15) is 34.8 Å². The van der Waals surface area contributed by atoms with E-state index in [0.717, 1.165) is 12.1 Å². The van der Waals surface area contributed by atoms with E-state index >= 15 is 0 Å². The molecule has 0 unspecified atom stereocenters. The molecule has 0 saturated heterocycles. The number of anilines is 1. The number of azo groups is 1. The molecule has 0 bridgehead atoms. The average Bonchev–Trinajstić information content (AvgIpc) is 2.72. The first kappa shape index (κ1) is 49.6. The Bertz CT molecular complexity index is 1630. The van der Waals surface area contributed by atoms with Crippen molar-refractivity contribution in [3.05, 3.63) is 54.6 Å². The Balaban J connectivity index is -0.000000219. The monoisotopic (exact) mass is 671 g/mol. The van der Waals surface area contributed by atoms with Gasteiger partial charge >= 0.3 is 150 Å². The molecule has 0 amide bonds. The van der Waals surface area contributed by atoms with Gasteiger partial charge in [-0.05, 0) is 17.1 Å². The molecular formula is C16H9N3Na4O13S4. The minimum Gasteiger partial charge on any atom is -0.746 e. The van der Waals surface area contributed by atoms with Crippen molar-refractivity contribution >= 4 is 69.8 Å². The van der Waals surface area contributed by atoms with Gasteiger partial charge in [0.15, 0.2) is 0 Å². The molecule has 3 rings (SSSR count). The molecule has 0 aliphatic rings. The maximum absolute atomic E-state index is 11.0. The quantitative estimate of drug-likeness (QED) is 0.0860.